The first-order valence-corrected chi connectivity index (χ1v) is 6.08. The number of aromatic nitrogens is 3. The van der Waals surface area contributed by atoms with Crippen molar-refractivity contribution >= 4 is 5.82 Å². The standard InChI is InChI=1S/C14H15N5/c1-10-7-11(2)19-14(18-10)5-6-16-13-4-3-12(8-15)9-17-13/h3-4,7,9H,5-6H2,1-2H3,(H,16,17). The molecule has 1 N–H and O–H groups in total. The molecule has 2 heterocycles. The number of anilines is 1. The number of aryl methyl sites for hydroxylation is 2. The first-order chi connectivity index (χ1) is 9.17. The van der Waals surface area contributed by atoms with Crippen molar-refractivity contribution < 1.29 is 0 Å². The number of nitriles is 1. The summed E-state index contributed by atoms with van der Waals surface area (Å²) in [6.07, 6.45) is 2.29. The Morgan fingerprint density at radius 1 is 1.21 bits per heavy atom. The molecule has 0 unspecified atom stereocenters. The quantitative estimate of drug-likeness (QED) is 0.902. The van der Waals surface area contributed by atoms with Crippen molar-refractivity contribution in [3.8, 4) is 6.07 Å². The molecule has 0 aliphatic rings. The predicted molar refractivity (Wildman–Crippen MR) is 72.7 cm³/mol. The summed E-state index contributed by atoms with van der Waals surface area (Å²) in [7, 11) is 0. The van der Waals surface area contributed by atoms with Crippen LogP contribution in [0.15, 0.2) is 24.4 Å². The van der Waals surface area contributed by atoms with Gasteiger partial charge >= 0.3 is 0 Å². The molecule has 0 fully saturated rings. The minimum Gasteiger partial charge on any atom is -0.370 e. The summed E-state index contributed by atoms with van der Waals surface area (Å²) in [6.45, 7) is 4.64. The molecule has 0 atom stereocenters. The molecule has 5 heteroatoms. The maximum atomic E-state index is 8.68. The lowest BCUT2D eigenvalue weighted by Gasteiger charge is -2.06. The van der Waals surface area contributed by atoms with Crippen molar-refractivity contribution in [2.45, 2.75) is 20.3 Å². The maximum absolute atomic E-state index is 8.68. The fraction of sp³-hybridized carbons (Fsp3) is 0.286. The molecule has 5 nitrogen and oxygen atoms in total. The molecule has 0 saturated carbocycles. The lowest BCUT2D eigenvalue weighted by atomic mass is 10.3. The number of nitrogens with one attached hydrogen (secondary N) is 1. The number of pyridine rings is 1. The Labute approximate surface area is 112 Å². The third kappa shape index (κ3) is 3.75. The van der Waals surface area contributed by atoms with Crippen molar-refractivity contribution in [3.05, 3.63) is 47.2 Å². The molecule has 0 radical (unpaired) electrons. The highest BCUT2D eigenvalue weighted by Crippen LogP contribution is 2.05. The van der Waals surface area contributed by atoms with E-state index in [1.165, 1.54) is 0 Å². The summed E-state index contributed by atoms with van der Waals surface area (Å²) >= 11 is 0. The van der Waals surface area contributed by atoms with Gasteiger partial charge in [0.25, 0.3) is 0 Å². The third-order valence-corrected chi connectivity index (χ3v) is 2.58. The van der Waals surface area contributed by atoms with Crippen LogP contribution in [-0.4, -0.2) is 21.5 Å². The number of nitrogens with zero attached hydrogens (tertiary/aromatic N) is 4. The molecule has 0 aromatic carbocycles. The maximum Gasteiger partial charge on any atom is 0.130 e. The summed E-state index contributed by atoms with van der Waals surface area (Å²) in [6, 6.07) is 7.53. The lowest BCUT2D eigenvalue weighted by Crippen LogP contribution is -2.09. The second kappa shape index (κ2) is 5.91. The van der Waals surface area contributed by atoms with Gasteiger partial charge in [-0.2, -0.15) is 5.26 Å². The van der Waals surface area contributed by atoms with Crippen LogP contribution in [0.25, 0.3) is 0 Å². The summed E-state index contributed by atoms with van der Waals surface area (Å²) in [5, 5.41) is 11.9. The summed E-state index contributed by atoms with van der Waals surface area (Å²) in [5.74, 6) is 1.59. The van der Waals surface area contributed by atoms with Crippen LogP contribution in [-0.2, 0) is 6.42 Å². The highest BCUT2D eigenvalue weighted by molar-refractivity contribution is 5.38. The fourth-order valence-electron chi connectivity index (χ4n) is 1.78. The predicted octanol–water partition coefficient (Wildman–Crippen LogP) is 2.01. The highest BCUT2D eigenvalue weighted by Gasteiger charge is 2.00. The Morgan fingerprint density at radius 2 is 1.95 bits per heavy atom. The van der Waals surface area contributed by atoms with Crippen molar-refractivity contribution in [3.63, 3.8) is 0 Å². The van der Waals surface area contributed by atoms with Crippen LogP contribution in [0.1, 0.15) is 22.8 Å². The molecule has 2 rings (SSSR count). The smallest absolute Gasteiger partial charge is 0.130 e. The first-order valence-electron chi connectivity index (χ1n) is 6.08. The van der Waals surface area contributed by atoms with Gasteiger partial charge in [0.15, 0.2) is 0 Å². The molecule has 19 heavy (non-hydrogen) atoms. The van der Waals surface area contributed by atoms with Crippen LogP contribution in [0, 0.1) is 25.2 Å². The van der Waals surface area contributed by atoms with Crippen LogP contribution in [0.3, 0.4) is 0 Å². The van der Waals surface area contributed by atoms with E-state index in [1.807, 2.05) is 26.0 Å². The van der Waals surface area contributed by atoms with Crippen molar-refractivity contribution in [1.82, 2.24) is 15.0 Å². The molecular weight excluding hydrogens is 238 g/mol. The summed E-state index contributed by atoms with van der Waals surface area (Å²) < 4.78 is 0. The molecule has 0 bridgehead atoms. The third-order valence-electron chi connectivity index (χ3n) is 2.58. The molecule has 2 aromatic heterocycles. The fourth-order valence-corrected chi connectivity index (χ4v) is 1.78. The Morgan fingerprint density at radius 3 is 2.53 bits per heavy atom. The van der Waals surface area contributed by atoms with Gasteiger partial charge in [-0.1, -0.05) is 0 Å². The molecule has 0 aliphatic heterocycles. The van der Waals surface area contributed by atoms with Crippen LogP contribution < -0.4 is 5.32 Å². The Kier molecular flexibility index (Phi) is 4.04. The summed E-state index contributed by atoms with van der Waals surface area (Å²) in [5.41, 5.74) is 2.53. The van der Waals surface area contributed by atoms with Gasteiger partial charge in [-0.25, -0.2) is 15.0 Å². The monoisotopic (exact) mass is 253 g/mol. The molecular formula is C14H15N5. The van der Waals surface area contributed by atoms with Gasteiger partial charge < -0.3 is 5.32 Å². The zero-order valence-electron chi connectivity index (χ0n) is 11.0. The molecule has 2 aromatic rings. The zero-order valence-corrected chi connectivity index (χ0v) is 11.0. The van der Waals surface area contributed by atoms with E-state index in [0.717, 1.165) is 29.5 Å². The molecule has 0 saturated heterocycles. The topological polar surface area (TPSA) is 74.5 Å². The van der Waals surface area contributed by atoms with Gasteiger partial charge in [0.1, 0.15) is 17.7 Å². The van der Waals surface area contributed by atoms with E-state index in [-0.39, 0.29) is 0 Å². The van der Waals surface area contributed by atoms with E-state index >= 15 is 0 Å². The van der Waals surface area contributed by atoms with E-state index in [4.69, 9.17) is 5.26 Å². The van der Waals surface area contributed by atoms with E-state index in [9.17, 15) is 0 Å². The van der Waals surface area contributed by atoms with Gasteiger partial charge in [0.05, 0.1) is 5.56 Å². The van der Waals surface area contributed by atoms with Gasteiger partial charge in [-0.05, 0) is 32.0 Å². The minimum absolute atomic E-state index is 0.559. The molecule has 0 spiro atoms. The Hall–Kier alpha value is -2.48. The van der Waals surface area contributed by atoms with Crippen LogP contribution in [0.4, 0.5) is 5.82 Å². The number of hydrogen-bond acceptors (Lipinski definition) is 5. The first kappa shape index (κ1) is 13.0. The van der Waals surface area contributed by atoms with Gasteiger partial charge in [-0.15, -0.1) is 0 Å². The molecule has 0 amide bonds. The van der Waals surface area contributed by atoms with Crippen molar-refractivity contribution in [2.24, 2.45) is 0 Å². The normalized spacial score (nSPS) is 9.95. The SMILES string of the molecule is Cc1cc(C)nc(CCNc2ccc(C#N)cn2)n1. The largest absolute Gasteiger partial charge is 0.370 e. The molecule has 96 valence electrons. The lowest BCUT2D eigenvalue weighted by molar-refractivity contribution is 0.861. The Balaban J connectivity index is 1.90. The molecule has 0 aliphatic carbocycles. The zero-order chi connectivity index (χ0) is 13.7. The average Bonchev–Trinajstić information content (AvgIpc) is 2.38. The van der Waals surface area contributed by atoms with E-state index in [0.29, 0.717) is 12.1 Å². The van der Waals surface area contributed by atoms with Gasteiger partial charge in [0.2, 0.25) is 0 Å². The Bertz CT molecular complexity index is 578. The van der Waals surface area contributed by atoms with Gasteiger partial charge in [0, 0.05) is 30.6 Å². The van der Waals surface area contributed by atoms with E-state index in [2.05, 4.69) is 20.3 Å². The number of hydrogen-bond donors (Lipinski definition) is 1. The second-order valence-electron chi connectivity index (χ2n) is 4.29. The van der Waals surface area contributed by atoms with E-state index < -0.39 is 0 Å². The minimum atomic E-state index is 0.559. The van der Waals surface area contributed by atoms with Gasteiger partial charge in [-0.3, -0.25) is 0 Å². The summed E-state index contributed by atoms with van der Waals surface area (Å²) in [4.78, 5) is 12.9. The van der Waals surface area contributed by atoms with Crippen LogP contribution in [0.2, 0.25) is 0 Å². The van der Waals surface area contributed by atoms with Crippen molar-refractivity contribution in [2.75, 3.05) is 11.9 Å². The van der Waals surface area contributed by atoms with E-state index in [1.54, 1.807) is 18.3 Å². The van der Waals surface area contributed by atoms with Crippen molar-refractivity contribution in [1.29, 1.82) is 5.26 Å². The van der Waals surface area contributed by atoms with Crippen LogP contribution >= 0.6 is 0 Å². The second-order valence-corrected chi connectivity index (χ2v) is 4.29. The van der Waals surface area contributed by atoms with Crippen LogP contribution in [0.5, 0.6) is 0 Å². The highest BCUT2D eigenvalue weighted by atomic mass is 15.0. The number of rotatable bonds is 4. The average molecular weight is 253 g/mol.